The van der Waals surface area contributed by atoms with Crippen LogP contribution in [0.25, 0.3) is 0 Å². The largest absolute Gasteiger partial charge is 0.489 e. The van der Waals surface area contributed by atoms with E-state index in [4.69, 9.17) is 15.2 Å². The van der Waals surface area contributed by atoms with Gasteiger partial charge in [-0.25, -0.2) is 4.39 Å². The summed E-state index contributed by atoms with van der Waals surface area (Å²) < 4.78 is 24.0. The fourth-order valence-electron chi connectivity index (χ4n) is 1.40. The topological polar surface area (TPSA) is 44.5 Å². The summed E-state index contributed by atoms with van der Waals surface area (Å²) in [4.78, 5) is 0. The molecule has 0 fully saturated rings. The molecule has 3 nitrogen and oxygen atoms in total. The maximum Gasteiger partial charge on any atom is 0.197 e. The second-order valence-corrected chi connectivity index (χ2v) is 3.16. The highest BCUT2D eigenvalue weighted by Gasteiger charge is 2.15. The first kappa shape index (κ1) is 9.27. The molecule has 0 aliphatic carbocycles. The van der Waals surface area contributed by atoms with E-state index in [9.17, 15) is 4.39 Å². The van der Waals surface area contributed by atoms with Gasteiger partial charge in [-0.1, -0.05) is 0 Å². The number of halogens is 1. The highest BCUT2D eigenvalue weighted by molar-refractivity contribution is 5.44. The second-order valence-electron chi connectivity index (χ2n) is 3.16. The lowest BCUT2D eigenvalue weighted by Gasteiger charge is -2.09. The molecule has 0 unspecified atom stereocenters. The standard InChI is InChI=1S/C10H12FNO2/c11-8-4-7(6-12)5-9-10(8)14-3-1-2-13-9/h4-5H,1-3,6,12H2. The van der Waals surface area contributed by atoms with E-state index in [2.05, 4.69) is 0 Å². The summed E-state index contributed by atoms with van der Waals surface area (Å²) in [6.07, 6.45) is 0.770. The maximum absolute atomic E-state index is 13.4. The first-order valence-electron chi connectivity index (χ1n) is 4.59. The van der Waals surface area contributed by atoms with Crippen LogP contribution in [0.5, 0.6) is 11.5 Å². The van der Waals surface area contributed by atoms with Gasteiger partial charge < -0.3 is 15.2 Å². The van der Waals surface area contributed by atoms with Crippen molar-refractivity contribution in [1.82, 2.24) is 0 Å². The number of fused-ring (bicyclic) bond motifs is 1. The Bertz CT molecular complexity index is 341. The average Bonchev–Trinajstić information content (AvgIpc) is 2.42. The van der Waals surface area contributed by atoms with Crippen LogP contribution in [0.15, 0.2) is 12.1 Å². The summed E-state index contributed by atoms with van der Waals surface area (Å²) in [5.41, 5.74) is 6.14. The van der Waals surface area contributed by atoms with Crippen LogP contribution >= 0.6 is 0 Å². The summed E-state index contributed by atoms with van der Waals surface area (Å²) in [7, 11) is 0. The van der Waals surface area contributed by atoms with Gasteiger partial charge in [0.15, 0.2) is 17.3 Å². The monoisotopic (exact) mass is 197 g/mol. The van der Waals surface area contributed by atoms with Crippen molar-refractivity contribution in [1.29, 1.82) is 0 Å². The SMILES string of the molecule is NCc1cc(F)c2c(c1)OCCCO2. The Hall–Kier alpha value is -1.29. The normalized spacial score (nSPS) is 15.0. The molecule has 1 aliphatic heterocycles. The Morgan fingerprint density at radius 3 is 2.86 bits per heavy atom. The lowest BCUT2D eigenvalue weighted by molar-refractivity contribution is 0.292. The molecule has 0 aromatic heterocycles. The van der Waals surface area contributed by atoms with Gasteiger partial charge in [0.25, 0.3) is 0 Å². The summed E-state index contributed by atoms with van der Waals surface area (Å²) in [6, 6.07) is 3.11. The zero-order chi connectivity index (χ0) is 9.97. The first-order valence-corrected chi connectivity index (χ1v) is 4.59. The van der Waals surface area contributed by atoms with Crippen molar-refractivity contribution < 1.29 is 13.9 Å². The van der Waals surface area contributed by atoms with Gasteiger partial charge in [0, 0.05) is 13.0 Å². The van der Waals surface area contributed by atoms with Gasteiger partial charge in [0.1, 0.15) is 0 Å². The predicted molar refractivity (Wildman–Crippen MR) is 49.9 cm³/mol. The molecule has 4 heteroatoms. The zero-order valence-electron chi connectivity index (χ0n) is 7.75. The molecule has 1 aliphatic rings. The molecular weight excluding hydrogens is 185 g/mol. The molecule has 0 amide bonds. The van der Waals surface area contributed by atoms with Crippen LogP contribution in [-0.2, 0) is 6.54 Å². The molecule has 0 atom stereocenters. The number of ether oxygens (including phenoxy) is 2. The Labute approximate surface area is 81.6 Å². The summed E-state index contributed by atoms with van der Waals surface area (Å²) >= 11 is 0. The van der Waals surface area contributed by atoms with Crippen LogP contribution < -0.4 is 15.2 Å². The van der Waals surface area contributed by atoms with Crippen LogP contribution in [0, 0.1) is 5.82 Å². The molecule has 0 saturated heterocycles. The Morgan fingerprint density at radius 2 is 2.07 bits per heavy atom. The van der Waals surface area contributed by atoms with Crippen molar-refractivity contribution in [2.24, 2.45) is 5.73 Å². The minimum absolute atomic E-state index is 0.208. The number of benzene rings is 1. The molecule has 0 bridgehead atoms. The third-order valence-corrected chi connectivity index (χ3v) is 2.10. The van der Waals surface area contributed by atoms with E-state index in [1.807, 2.05) is 0 Å². The maximum atomic E-state index is 13.4. The van der Waals surface area contributed by atoms with Gasteiger partial charge in [-0.05, 0) is 17.7 Å². The Morgan fingerprint density at radius 1 is 1.29 bits per heavy atom. The lowest BCUT2D eigenvalue weighted by atomic mass is 10.2. The number of rotatable bonds is 1. The lowest BCUT2D eigenvalue weighted by Crippen LogP contribution is -2.00. The Kier molecular flexibility index (Phi) is 2.54. The number of nitrogens with two attached hydrogens (primary N) is 1. The fraction of sp³-hybridized carbons (Fsp3) is 0.400. The van der Waals surface area contributed by atoms with Crippen LogP contribution in [0.4, 0.5) is 4.39 Å². The summed E-state index contributed by atoms with van der Waals surface area (Å²) in [6.45, 7) is 1.35. The molecule has 0 radical (unpaired) electrons. The number of hydrogen-bond acceptors (Lipinski definition) is 3. The Balaban J connectivity index is 2.43. The summed E-state index contributed by atoms with van der Waals surface area (Å²) in [5.74, 6) is 0.271. The zero-order valence-corrected chi connectivity index (χ0v) is 7.75. The van der Waals surface area contributed by atoms with E-state index < -0.39 is 5.82 Å². The van der Waals surface area contributed by atoms with E-state index in [1.165, 1.54) is 6.07 Å². The van der Waals surface area contributed by atoms with Crippen LogP contribution in [0.2, 0.25) is 0 Å². The van der Waals surface area contributed by atoms with Crippen LogP contribution in [0.1, 0.15) is 12.0 Å². The van der Waals surface area contributed by atoms with Gasteiger partial charge in [-0.2, -0.15) is 0 Å². The molecule has 76 valence electrons. The van der Waals surface area contributed by atoms with E-state index in [0.717, 1.165) is 6.42 Å². The minimum Gasteiger partial charge on any atom is -0.489 e. The van der Waals surface area contributed by atoms with Crippen LogP contribution in [0.3, 0.4) is 0 Å². The van der Waals surface area contributed by atoms with Crippen molar-refractivity contribution in [2.45, 2.75) is 13.0 Å². The molecule has 1 aromatic carbocycles. The van der Waals surface area contributed by atoms with Crippen molar-refractivity contribution in [2.75, 3.05) is 13.2 Å². The highest BCUT2D eigenvalue weighted by Crippen LogP contribution is 2.33. The van der Waals surface area contributed by atoms with Gasteiger partial charge in [-0.3, -0.25) is 0 Å². The summed E-state index contributed by atoms with van der Waals surface area (Å²) in [5, 5.41) is 0. The molecule has 0 saturated carbocycles. The predicted octanol–water partition coefficient (Wildman–Crippen LogP) is 1.45. The molecule has 14 heavy (non-hydrogen) atoms. The quantitative estimate of drug-likeness (QED) is 0.741. The van der Waals surface area contributed by atoms with Gasteiger partial charge in [-0.15, -0.1) is 0 Å². The first-order chi connectivity index (χ1) is 6.81. The molecule has 2 rings (SSSR count). The van der Waals surface area contributed by atoms with Gasteiger partial charge in [0.2, 0.25) is 0 Å². The third kappa shape index (κ3) is 1.65. The van der Waals surface area contributed by atoms with Crippen molar-refractivity contribution in [3.63, 3.8) is 0 Å². The molecule has 1 heterocycles. The average molecular weight is 197 g/mol. The van der Waals surface area contributed by atoms with Crippen molar-refractivity contribution in [3.05, 3.63) is 23.5 Å². The molecular formula is C10H12FNO2. The van der Waals surface area contributed by atoms with E-state index in [-0.39, 0.29) is 5.75 Å². The number of hydrogen-bond donors (Lipinski definition) is 1. The smallest absolute Gasteiger partial charge is 0.197 e. The fourth-order valence-corrected chi connectivity index (χ4v) is 1.40. The van der Waals surface area contributed by atoms with E-state index in [1.54, 1.807) is 6.07 Å². The van der Waals surface area contributed by atoms with E-state index in [0.29, 0.717) is 31.1 Å². The van der Waals surface area contributed by atoms with Crippen LogP contribution in [-0.4, -0.2) is 13.2 Å². The minimum atomic E-state index is -0.398. The van der Waals surface area contributed by atoms with Gasteiger partial charge >= 0.3 is 0 Å². The van der Waals surface area contributed by atoms with Crippen molar-refractivity contribution >= 4 is 0 Å². The highest BCUT2D eigenvalue weighted by atomic mass is 19.1. The molecule has 1 aromatic rings. The molecule has 0 spiro atoms. The van der Waals surface area contributed by atoms with E-state index >= 15 is 0 Å². The second kappa shape index (κ2) is 3.84. The van der Waals surface area contributed by atoms with Gasteiger partial charge in [0.05, 0.1) is 13.2 Å². The van der Waals surface area contributed by atoms with Crippen molar-refractivity contribution in [3.8, 4) is 11.5 Å². The third-order valence-electron chi connectivity index (χ3n) is 2.10. The molecule has 2 N–H and O–H groups in total.